The molecule has 0 aromatic carbocycles. The number of hydrogen-bond donors (Lipinski definition) is 1. The number of thiophene rings is 1. The second-order valence-electron chi connectivity index (χ2n) is 4.30. The van der Waals surface area contributed by atoms with E-state index in [1.54, 1.807) is 6.07 Å². The molecule has 0 aliphatic heterocycles. The minimum absolute atomic E-state index is 0.313. The van der Waals surface area contributed by atoms with Gasteiger partial charge >= 0.3 is 6.18 Å². The number of alkyl halides is 3. The lowest BCUT2D eigenvalue weighted by atomic mass is 10.2. The third-order valence-electron chi connectivity index (χ3n) is 2.85. The Labute approximate surface area is 115 Å². The Balaban J connectivity index is 2.24. The van der Waals surface area contributed by atoms with Crippen LogP contribution in [0.15, 0.2) is 24.4 Å². The Bertz CT molecular complexity index is 788. The van der Waals surface area contributed by atoms with Crippen molar-refractivity contribution in [3.05, 3.63) is 34.8 Å². The Kier molecular flexibility index (Phi) is 2.72. The van der Waals surface area contributed by atoms with Gasteiger partial charge in [-0.3, -0.25) is 4.40 Å². The first-order chi connectivity index (χ1) is 9.36. The van der Waals surface area contributed by atoms with Crippen LogP contribution in [0.4, 0.5) is 18.2 Å². The van der Waals surface area contributed by atoms with E-state index < -0.39 is 11.7 Å². The molecule has 0 radical (unpaired) electrons. The first-order valence-electron chi connectivity index (χ1n) is 5.64. The fraction of sp³-hybridized carbons (Fsp3) is 0.167. The van der Waals surface area contributed by atoms with E-state index in [1.165, 1.54) is 21.8 Å². The molecule has 0 unspecified atom stereocenters. The van der Waals surface area contributed by atoms with Gasteiger partial charge in [0.15, 0.2) is 11.5 Å². The topological polar surface area (TPSA) is 56.2 Å². The Morgan fingerprint density at radius 3 is 2.60 bits per heavy atom. The Morgan fingerprint density at radius 2 is 2.00 bits per heavy atom. The summed E-state index contributed by atoms with van der Waals surface area (Å²) >= 11 is 1.36. The third-order valence-corrected chi connectivity index (χ3v) is 3.73. The van der Waals surface area contributed by atoms with Crippen molar-refractivity contribution in [3.63, 3.8) is 0 Å². The van der Waals surface area contributed by atoms with E-state index in [4.69, 9.17) is 5.73 Å². The molecule has 3 heterocycles. The molecule has 3 aromatic heterocycles. The molecule has 20 heavy (non-hydrogen) atoms. The number of nitrogens with zero attached hydrogens (tertiary/aromatic N) is 3. The first-order valence-corrected chi connectivity index (χ1v) is 6.46. The van der Waals surface area contributed by atoms with Crippen LogP contribution < -0.4 is 5.73 Å². The van der Waals surface area contributed by atoms with Crippen molar-refractivity contribution in [2.24, 2.45) is 0 Å². The van der Waals surface area contributed by atoms with Crippen molar-refractivity contribution in [1.29, 1.82) is 0 Å². The average Bonchev–Trinajstić information content (AvgIpc) is 2.90. The molecule has 0 spiro atoms. The highest BCUT2D eigenvalue weighted by Gasteiger charge is 2.31. The van der Waals surface area contributed by atoms with Gasteiger partial charge in [-0.05, 0) is 25.1 Å². The molecule has 4 nitrogen and oxygen atoms in total. The number of aryl methyl sites for hydroxylation is 1. The molecule has 0 aliphatic carbocycles. The van der Waals surface area contributed by atoms with Gasteiger partial charge in [0.1, 0.15) is 0 Å². The highest BCUT2D eigenvalue weighted by atomic mass is 32.1. The number of aromatic nitrogens is 3. The minimum Gasteiger partial charge on any atom is -0.390 e. The summed E-state index contributed by atoms with van der Waals surface area (Å²) in [5.41, 5.74) is 6.05. The molecule has 0 aliphatic rings. The molecule has 8 heteroatoms. The zero-order valence-corrected chi connectivity index (χ0v) is 11.1. The smallest absolute Gasteiger partial charge is 0.390 e. The van der Waals surface area contributed by atoms with E-state index in [1.807, 2.05) is 6.92 Å². The molecule has 0 fully saturated rings. The average molecular weight is 298 g/mol. The van der Waals surface area contributed by atoms with Gasteiger partial charge in [-0.2, -0.15) is 13.2 Å². The molecule has 3 aromatic rings. The van der Waals surface area contributed by atoms with Crippen LogP contribution in [0.3, 0.4) is 0 Å². The van der Waals surface area contributed by atoms with Gasteiger partial charge < -0.3 is 5.73 Å². The maximum Gasteiger partial charge on any atom is 0.417 e. The van der Waals surface area contributed by atoms with Crippen LogP contribution in [0.1, 0.15) is 10.4 Å². The first kappa shape index (κ1) is 12.9. The van der Waals surface area contributed by atoms with Crippen LogP contribution in [0.2, 0.25) is 0 Å². The predicted molar refractivity (Wildman–Crippen MR) is 70.5 cm³/mol. The standard InChI is InChI=1S/C12H9F3N4S/c1-6-4-8(10(16)20-6)11-18-17-9-3-2-7(5-19(9)11)12(13,14)15/h2-5H,16H2,1H3. The SMILES string of the molecule is Cc1cc(-c2nnc3ccc(C(F)(F)F)cn23)c(N)s1. The van der Waals surface area contributed by atoms with Crippen molar-refractivity contribution in [2.75, 3.05) is 5.73 Å². The van der Waals surface area contributed by atoms with Gasteiger partial charge in [-0.15, -0.1) is 21.5 Å². The highest BCUT2D eigenvalue weighted by Crippen LogP contribution is 2.34. The van der Waals surface area contributed by atoms with E-state index in [0.29, 0.717) is 22.0 Å². The van der Waals surface area contributed by atoms with Gasteiger partial charge in [-0.25, -0.2) is 0 Å². The van der Waals surface area contributed by atoms with Crippen molar-refractivity contribution in [1.82, 2.24) is 14.6 Å². The van der Waals surface area contributed by atoms with Gasteiger partial charge in [-0.1, -0.05) is 0 Å². The number of pyridine rings is 1. The normalized spacial score (nSPS) is 12.2. The van der Waals surface area contributed by atoms with E-state index >= 15 is 0 Å². The summed E-state index contributed by atoms with van der Waals surface area (Å²) in [7, 11) is 0. The number of nitrogens with two attached hydrogens (primary N) is 1. The summed E-state index contributed by atoms with van der Waals surface area (Å²) in [6.07, 6.45) is -3.43. The largest absolute Gasteiger partial charge is 0.417 e. The Hall–Kier alpha value is -2.09. The fourth-order valence-corrected chi connectivity index (χ4v) is 2.73. The van der Waals surface area contributed by atoms with Crippen LogP contribution in [-0.4, -0.2) is 14.6 Å². The lowest BCUT2D eigenvalue weighted by Gasteiger charge is -2.07. The zero-order valence-electron chi connectivity index (χ0n) is 10.3. The predicted octanol–water partition coefficient (Wildman–Crippen LogP) is 3.37. The van der Waals surface area contributed by atoms with E-state index in [2.05, 4.69) is 10.2 Å². The number of rotatable bonds is 1. The third kappa shape index (κ3) is 2.01. The lowest BCUT2D eigenvalue weighted by Crippen LogP contribution is -2.06. The van der Waals surface area contributed by atoms with Crippen LogP contribution >= 0.6 is 11.3 Å². The summed E-state index contributed by atoms with van der Waals surface area (Å²) in [6.45, 7) is 1.87. The Morgan fingerprint density at radius 1 is 1.25 bits per heavy atom. The summed E-state index contributed by atoms with van der Waals surface area (Å²) in [6, 6.07) is 4.06. The van der Waals surface area contributed by atoms with Crippen molar-refractivity contribution >= 4 is 22.0 Å². The van der Waals surface area contributed by atoms with Crippen molar-refractivity contribution in [3.8, 4) is 11.4 Å². The van der Waals surface area contributed by atoms with Crippen LogP contribution in [0, 0.1) is 6.92 Å². The molecule has 3 rings (SSSR count). The molecule has 0 saturated carbocycles. The highest BCUT2D eigenvalue weighted by molar-refractivity contribution is 7.16. The molecule has 104 valence electrons. The molecule has 0 bridgehead atoms. The number of hydrogen-bond acceptors (Lipinski definition) is 4. The molecular formula is C12H9F3N4S. The van der Waals surface area contributed by atoms with E-state index in [9.17, 15) is 13.2 Å². The van der Waals surface area contributed by atoms with Crippen LogP contribution in [0.25, 0.3) is 17.0 Å². The summed E-state index contributed by atoms with van der Waals surface area (Å²) in [4.78, 5) is 0.959. The van der Waals surface area contributed by atoms with E-state index in [-0.39, 0.29) is 0 Å². The molecule has 2 N–H and O–H groups in total. The molecule has 0 amide bonds. The lowest BCUT2D eigenvalue weighted by molar-refractivity contribution is -0.137. The molecule has 0 saturated heterocycles. The maximum atomic E-state index is 12.8. The number of halogens is 3. The van der Waals surface area contributed by atoms with Gasteiger partial charge in [0, 0.05) is 11.1 Å². The van der Waals surface area contributed by atoms with Crippen LogP contribution in [-0.2, 0) is 6.18 Å². The summed E-state index contributed by atoms with van der Waals surface area (Å²) in [5.74, 6) is 0.313. The van der Waals surface area contributed by atoms with Crippen LogP contribution in [0.5, 0.6) is 0 Å². The van der Waals surface area contributed by atoms with E-state index in [0.717, 1.165) is 17.1 Å². The monoisotopic (exact) mass is 298 g/mol. The number of fused-ring (bicyclic) bond motifs is 1. The van der Waals surface area contributed by atoms with Gasteiger partial charge in [0.2, 0.25) is 0 Å². The van der Waals surface area contributed by atoms with Gasteiger partial charge in [0.05, 0.1) is 16.1 Å². The van der Waals surface area contributed by atoms with Gasteiger partial charge in [0.25, 0.3) is 0 Å². The number of anilines is 1. The fourth-order valence-electron chi connectivity index (χ4n) is 1.95. The molecular weight excluding hydrogens is 289 g/mol. The summed E-state index contributed by atoms with van der Waals surface area (Å²) in [5, 5.41) is 8.31. The zero-order chi connectivity index (χ0) is 14.5. The summed E-state index contributed by atoms with van der Waals surface area (Å²) < 4.78 is 39.6. The van der Waals surface area contributed by atoms with Crippen molar-refractivity contribution in [2.45, 2.75) is 13.1 Å². The molecule has 0 atom stereocenters. The maximum absolute atomic E-state index is 12.8. The number of nitrogen functional groups attached to an aromatic ring is 1. The minimum atomic E-state index is -4.41. The second-order valence-corrected chi connectivity index (χ2v) is 5.59. The second kappa shape index (κ2) is 4.20. The van der Waals surface area contributed by atoms with Crippen molar-refractivity contribution < 1.29 is 13.2 Å². The quantitative estimate of drug-likeness (QED) is 0.749.